The zero-order chi connectivity index (χ0) is 23.4. The second-order valence-electron chi connectivity index (χ2n) is 9.74. The van der Waals surface area contributed by atoms with Crippen molar-refractivity contribution >= 4 is 11.9 Å². The molecule has 8 heteroatoms. The molecule has 0 unspecified atom stereocenters. The highest BCUT2D eigenvalue weighted by atomic mass is 19.1. The first-order valence-electron chi connectivity index (χ1n) is 10.3. The molecular formula is C23H33FO7. The molecule has 0 aromatic heterocycles. The van der Waals surface area contributed by atoms with Crippen LogP contribution in [0.25, 0.3) is 0 Å². The third-order valence-electron chi connectivity index (χ3n) is 4.72. The first-order chi connectivity index (χ1) is 14.3. The number of alkyl halides is 1. The van der Waals surface area contributed by atoms with Gasteiger partial charge in [-0.2, -0.15) is 0 Å². The molecule has 0 aliphatic carbocycles. The van der Waals surface area contributed by atoms with E-state index in [-0.39, 0.29) is 6.61 Å². The van der Waals surface area contributed by atoms with E-state index in [0.29, 0.717) is 0 Å². The van der Waals surface area contributed by atoms with E-state index in [1.807, 2.05) is 30.3 Å². The maximum Gasteiger partial charge on any atom is 0.311 e. The summed E-state index contributed by atoms with van der Waals surface area (Å²) in [6.07, 6.45) is -7.45. The number of hydrogen-bond acceptors (Lipinski definition) is 7. The van der Waals surface area contributed by atoms with Crippen molar-refractivity contribution in [2.24, 2.45) is 10.8 Å². The highest BCUT2D eigenvalue weighted by Crippen LogP contribution is 2.30. The molecule has 0 radical (unpaired) electrons. The molecule has 0 bridgehead atoms. The number of benzene rings is 1. The molecule has 1 aromatic rings. The SMILES string of the molecule is CC(C)(C)C(=O)OC[C@H]1O[C@H](O)[C@H](OCc2ccccc2)[C@@H](OC(=O)C(C)(C)C)[C@@H]1F. The van der Waals surface area contributed by atoms with Crippen molar-refractivity contribution < 1.29 is 38.0 Å². The van der Waals surface area contributed by atoms with E-state index in [9.17, 15) is 14.7 Å². The van der Waals surface area contributed by atoms with Crippen LogP contribution in [0.3, 0.4) is 0 Å². The minimum atomic E-state index is -1.87. The Labute approximate surface area is 182 Å². The third-order valence-corrected chi connectivity index (χ3v) is 4.72. The molecule has 7 nitrogen and oxygen atoms in total. The molecule has 174 valence electrons. The van der Waals surface area contributed by atoms with Crippen LogP contribution in [0, 0.1) is 10.8 Å². The van der Waals surface area contributed by atoms with Gasteiger partial charge in [0.1, 0.15) is 18.8 Å². The van der Waals surface area contributed by atoms with Gasteiger partial charge in [0.25, 0.3) is 0 Å². The Morgan fingerprint density at radius 2 is 1.58 bits per heavy atom. The van der Waals surface area contributed by atoms with Crippen molar-refractivity contribution in [3.8, 4) is 0 Å². The Morgan fingerprint density at radius 1 is 1.00 bits per heavy atom. The van der Waals surface area contributed by atoms with Gasteiger partial charge in [0.15, 0.2) is 18.6 Å². The van der Waals surface area contributed by atoms with Crippen molar-refractivity contribution in [2.75, 3.05) is 6.61 Å². The molecule has 31 heavy (non-hydrogen) atoms. The van der Waals surface area contributed by atoms with Gasteiger partial charge in [0.2, 0.25) is 0 Å². The summed E-state index contributed by atoms with van der Waals surface area (Å²) in [4.78, 5) is 24.5. The van der Waals surface area contributed by atoms with Crippen molar-refractivity contribution in [1.29, 1.82) is 0 Å². The highest BCUT2D eigenvalue weighted by Gasteiger charge is 2.50. The van der Waals surface area contributed by atoms with Gasteiger partial charge in [-0.3, -0.25) is 9.59 Å². The van der Waals surface area contributed by atoms with Crippen LogP contribution < -0.4 is 0 Å². The largest absolute Gasteiger partial charge is 0.462 e. The summed E-state index contributed by atoms with van der Waals surface area (Å²) in [5.41, 5.74) is -0.869. The van der Waals surface area contributed by atoms with Gasteiger partial charge in [-0.15, -0.1) is 0 Å². The Balaban J connectivity index is 2.16. The number of rotatable bonds is 6. The fourth-order valence-corrected chi connectivity index (χ4v) is 2.77. The number of carbonyl (C=O) groups excluding carboxylic acids is 2. The Hall–Kier alpha value is -2.03. The molecule has 1 aliphatic rings. The molecule has 1 aromatic carbocycles. The molecule has 0 amide bonds. The number of halogens is 1. The molecule has 1 aliphatic heterocycles. The summed E-state index contributed by atoms with van der Waals surface area (Å²) in [7, 11) is 0. The zero-order valence-corrected chi connectivity index (χ0v) is 19.0. The fourth-order valence-electron chi connectivity index (χ4n) is 2.77. The van der Waals surface area contributed by atoms with Crippen LogP contribution in [-0.2, 0) is 35.1 Å². The lowest BCUT2D eigenvalue weighted by atomic mass is 9.95. The molecule has 5 atom stereocenters. The van der Waals surface area contributed by atoms with Crippen LogP contribution in [0.15, 0.2) is 30.3 Å². The van der Waals surface area contributed by atoms with Gasteiger partial charge in [0.05, 0.1) is 17.4 Å². The highest BCUT2D eigenvalue weighted by molar-refractivity contribution is 5.76. The molecule has 0 spiro atoms. The summed E-state index contributed by atoms with van der Waals surface area (Å²) in [6, 6.07) is 9.11. The second-order valence-corrected chi connectivity index (χ2v) is 9.74. The number of ether oxygens (including phenoxy) is 4. The van der Waals surface area contributed by atoms with E-state index < -0.39 is 60.1 Å². The monoisotopic (exact) mass is 440 g/mol. The predicted molar refractivity (Wildman–Crippen MR) is 111 cm³/mol. The first kappa shape index (κ1) is 25.2. The predicted octanol–water partition coefficient (Wildman–Crippen LogP) is 3.17. The average Bonchev–Trinajstić information content (AvgIpc) is 2.67. The number of carbonyl (C=O) groups is 2. The molecule has 1 N–H and O–H groups in total. The van der Waals surface area contributed by atoms with Crippen molar-refractivity contribution in [3.05, 3.63) is 35.9 Å². The number of aliphatic hydroxyl groups is 1. The van der Waals surface area contributed by atoms with Crippen molar-refractivity contribution in [2.45, 2.75) is 78.9 Å². The van der Waals surface area contributed by atoms with Gasteiger partial charge < -0.3 is 24.1 Å². The molecular weight excluding hydrogens is 407 g/mol. The summed E-state index contributed by atoms with van der Waals surface area (Å²) >= 11 is 0. The molecule has 1 heterocycles. The summed E-state index contributed by atoms with van der Waals surface area (Å²) in [5.74, 6) is -1.18. The quantitative estimate of drug-likeness (QED) is 0.680. The van der Waals surface area contributed by atoms with Crippen LogP contribution in [0.2, 0.25) is 0 Å². The van der Waals surface area contributed by atoms with E-state index >= 15 is 4.39 Å². The van der Waals surface area contributed by atoms with Crippen LogP contribution in [0.1, 0.15) is 47.1 Å². The van der Waals surface area contributed by atoms with E-state index in [0.717, 1.165) is 5.56 Å². The molecule has 2 rings (SSSR count). The van der Waals surface area contributed by atoms with Crippen LogP contribution in [0.4, 0.5) is 4.39 Å². The minimum Gasteiger partial charge on any atom is -0.462 e. The lowest BCUT2D eigenvalue weighted by molar-refractivity contribution is -0.293. The minimum absolute atomic E-state index is 0.0614. The van der Waals surface area contributed by atoms with E-state index in [4.69, 9.17) is 18.9 Å². The Morgan fingerprint density at radius 3 is 2.13 bits per heavy atom. The fraction of sp³-hybridized carbons (Fsp3) is 0.652. The van der Waals surface area contributed by atoms with E-state index in [2.05, 4.69) is 0 Å². The van der Waals surface area contributed by atoms with Crippen LogP contribution >= 0.6 is 0 Å². The summed E-state index contributed by atoms with van der Waals surface area (Å²) in [5, 5.41) is 10.5. The van der Waals surface area contributed by atoms with Gasteiger partial charge in [-0.1, -0.05) is 30.3 Å². The molecule has 0 saturated carbocycles. The van der Waals surface area contributed by atoms with Crippen LogP contribution in [-0.4, -0.2) is 54.4 Å². The maximum absolute atomic E-state index is 15.4. The number of aliphatic hydroxyl groups excluding tert-OH is 1. The Kier molecular flexibility index (Phi) is 8.19. The van der Waals surface area contributed by atoms with E-state index in [1.54, 1.807) is 41.5 Å². The normalized spacial score (nSPS) is 26.9. The maximum atomic E-state index is 15.4. The van der Waals surface area contributed by atoms with Gasteiger partial charge in [0, 0.05) is 0 Å². The van der Waals surface area contributed by atoms with Crippen molar-refractivity contribution in [3.63, 3.8) is 0 Å². The first-order valence-corrected chi connectivity index (χ1v) is 10.3. The summed E-state index contributed by atoms with van der Waals surface area (Å²) < 4.78 is 37.0. The average molecular weight is 441 g/mol. The summed E-state index contributed by atoms with van der Waals surface area (Å²) in [6.45, 7) is 9.55. The van der Waals surface area contributed by atoms with Gasteiger partial charge in [-0.25, -0.2) is 4.39 Å². The molecule has 1 saturated heterocycles. The van der Waals surface area contributed by atoms with E-state index in [1.165, 1.54) is 0 Å². The number of hydrogen-bond donors (Lipinski definition) is 1. The third kappa shape index (κ3) is 6.98. The van der Waals surface area contributed by atoms with Crippen LogP contribution in [0.5, 0.6) is 0 Å². The lowest BCUT2D eigenvalue weighted by Crippen LogP contribution is -2.60. The molecule has 1 fully saturated rings. The standard InChI is InChI=1S/C23H33FO7/c1-22(2,3)20(26)29-13-15-16(24)17(31-21(27)23(4,5)6)18(19(25)30-15)28-12-14-10-8-7-9-11-14/h7-11,15-19,25H,12-13H2,1-6H3/t15-,16-,17+,18-,19+/m1/s1. The second kappa shape index (κ2) is 10.1. The zero-order valence-electron chi connectivity index (χ0n) is 19.0. The topological polar surface area (TPSA) is 91.3 Å². The van der Waals surface area contributed by atoms with Gasteiger partial charge in [-0.05, 0) is 47.1 Å². The number of esters is 2. The Bertz CT molecular complexity index is 739. The smallest absolute Gasteiger partial charge is 0.311 e. The van der Waals surface area contributed by atoms with Crippen molar-refractivity contribution in [1.82, 2.24) is 0 Å². The lowest BCUT2D eigenvalue weighted by Gasteiger charge is -2.41. The van der Waals surface area contributed by atoms with Gasteiger partial charge >= 0.3 is 11.9 Å².